The molecule has 2 amide bonds. The van der Waals surface area contributed by atoms with Gasteiger partial charge in [0.05, 0.1) is 11.4 Å². The van der Waals surface area contributed by atoms with Crippen molar-refractivity contribution in [1.82, 2.24) is 14.9 Å². The van der Waals surface area contributed by atoms with E-state index in [1.165, 1.54) is 11.2 Å². The highest BCUT2D eigenvalue weighted by Gasteiger charge is 2.45. The van der Waals surface area contributed by atoms with E-state index in [1.807, 2.05) is 37.3 Å². The molecule has 29 heavy (non-hydrogen) atoms. The van der Waals surface area contributed by atoms with E-state index in [-0.39, 0.29) is 17.9 Å². The Morgan fingerprint density at radius 1 is 1.28 bits per heavy atom. The number of hydrogen-bond acceptors (Lipinski definition) is 6. The van der Waals surface area contributed by atoms with Gasteiger partial charge in [0, 0.05) is 10.8 Å². The van der Waals surface area contributed by atoms with Crippen LogP contribution in [-0.2, 0) is 22.4 Å². The third-order valence-corrected chi connectivity index (χ3v) is 7.23. The lowest BCUT2D eigenvalue weighted by Gasteiger charge is -2.27. The third kappa shape index (κ3) is 3.00. The number of carbonyl (C=O) groups excluding carboxylic acids is 2. The van der Waals surface area contributed by atoms with Gasteiger partial charge in [0.1, 0.15) is 22.4 Å². The van der Waals surface area contributed by atoms with Crippen LogP contribution in [0, 0.1) is 5.92 Å². The molecule has 2 aliphatic rings. The number of aromatic nitrogens is 2. The highest BCUT2D eigenvalue weighted by atomic mass is 35.5. The van der Waals surface area contributed by atoms with Gasteiger partial charge in [-0.25, -0.2) is 19.7 Å². The molecule has 2 aromatic heterocycles. The van der Waals surface area contributed by atoms with Gasteiger partial charge in [-0.15, -0.1) is 11.3 Å². The molecule has 1 aromatic carbocycles. The minimum absolute atomic E-state index is 0.166. The molecule has 1 aliphatic heterocycles. The van der Waals surface area contributed by atoms with E-state index in [0.717, 1.165) is 32.6 Å². The van der Waals surface area contributed by atoms with E-state index in [1.54, 1.807) is 11.3 Å². The van der Waals surface area contributed by atoms with Gasteiger partial charge in [-0.1, -0.05) is 41.9 Å². The summed E-state index contributed by atoms with van der Waals surface area (Å²) in [6.45, 7) is 1.86. The maximum absolute atomic E-state index is 13.3. The van der Waals surface area contributed by atoms with Gasteiger partial charge in [-0.05, 0) is 37.3 Å². The van der Waals surface area contributed by atoms with Crippen molar-refractivity contribution < 1.29 is 14.3 Å². The second-order valence-corrected chi connectivity index (χ2v) is 8.89. The predicted molar refractivity (Wildman–Crippen MR) is 110 cm³/mol. The number of ether oxygens (including phenoxy) is 1. The molecule has 0 saturated carbocycles. The van der Waals surface area contributed by atoms with E-state index < -0.39 is 12.2 Å². The molecule has 0 bridgehead atoms. The topological polar surface area (TPSA) is 72.4 Å². The Morgan fingerprint density at radius 3 is 2.86 bits per heavy atom. The lowest BCUT2D eigenvalue weighted by molar-refractivity contribution is -0.133. The number of amides is 2. The second-order valence-electron chi connectivity index (χ2n) is 7.45. The predicted octanol–water partition coefficient (Wildman–Crippen LogP) is 4.56. The van der Waals surface area contributed by atoms with Gasteiger partial charge in [0.25, 0.3) is 0 Å². The maximum atomic E-state index is 13.3. The van der Waals surface area contributed by atoms with Crippen molar-refractivity contribution in [2.45, 2.75) is 38.3 Å². The van der Waals surface area contributed by atoms with E-state index >= 15 is 0 Å². The summed E-state index contributed by atoms with van der Waals surface area (Å²) in [7, 11) is 0. The Bertz CT molecular complexity index is 1120. The molecule has 3 aromatic rings. The first-order valence-electron chi connectivity index (χ1n) is 9.54. The summed E-state index contributed by atoms with van der Waals surface area (Å²) in [5.74, 6) is -0.423. The zero-order valence-corrected chi connectivity index (χ0v) is 17.2. The summed E-state index contributed by atoms with van der Waals surface area (Å²) in [6, 6.07) is 9.20. The molecule has 3 atom stereocenters. The van der Waals surface area contributed by atoms with E-state index in [9.17, 15) is 9.59 Å². The number of halogens is 1. The molecule has 6 nitrogen and oxygen atoms in total. The zero-order valence-electron chi connectivity index (χ0n) is 15.7. The van der Waals surface area contributed by atoms with Crippen molar-refractivity contribution in [2.75, 3.05) is 0 Å². The summed E-state index contributed by atoms with van der Waals surface area (Å²) in [4.78, 5) is 37.5. The zero-order chi connectivity index (χ0) is 20.1. The van der Waals surface area contributed by atoms with Crippen molar-refractivity contribution in [2.24, 2.45) is 5.92 Å². The largest absolute Gasteiger partial charge is 0.439 e. The summed E-state index contributed by atoms with van der Waals surface area (Å²) in [6.07, 6.45) is 2.42. The Morgan fingerprint density at radius 2 is 2.07 bits per heavy atom. The number of nitrogens with zero attached hydrogens (tertiary/aromatic N) is 3. The average Bonchev–Trinajstić information content (AvgIpc) is 3.25. The van der Waals surface area contributed by atoms with Gasteiger partial charge in [0.15, 0.2) is 0 Å². The number of benzene rings is 1. The van der Waals surface area contributed by atoms with Crippen LogP contribution in [0.5, 0.6) is 0 Å². The number of aryl methyl sites for hydroxylation is 1. The molecule has 0 unspecified atom stereocenters. The fraction of sp³-hybridized carbons (Fsp3) is 0.333. The van der Waals surface area contributed by atoms with E-state index in [2.05, 4.69) is 9.97 Å². The SMILES string of the molecule is C[C@H]1[C@@H](c2ccccc2)OC(=O)N1C(=O)[C@H]1CCc2c(sc3ncnc(Cl)c23)C1. The van der Waals surface area contributed by atoms with Crippen LogP contribution in [0.4, 0.5) is 4.79 Å². The fourth-order valence-corrected chi connectivity index (χ4v) is 5.89. The van der Waals surface area contributed by atoms with Crippen LogP contribution in [0.15, 0.2) is 36.7 Å². The Kier molecular flexibility index (Phi) is 4.52. The minimum atomic E-state index is -0.563. The monoisotopic (exact) mass is 427 g/mol. The van der Waals surface area contributed by atoms with Crippen LogP contribution in [0.2, 0.25) is 5.15 Å². The molecule has 8 heteroatoms. The molecule has 1 fully saturated rings. The van der Waals surface area contributed by atoms with Crippen LogP contribution in [0.3, 0.4) is 0 Å². The standard InChI is InChI=1S/C21H18ClN3O3S/c1-11-17(12-5-3-2-4-6-12)28-21(27)25(11)20(26)13-7-8-14-15(9-13)29-19-16(14)18(22)23-10-24-19/h2-6,10-11,13,17H,7-9H2,1H3/t11-,13-,17-/m0/s1. The molecular formula is C21H18ClN3O3S. The van der Waals surface area contributed by atoms with E-state index in [0.29, 0.717) is 18.0 Å². The van der Waals surface area contributed by atoms with Crippen molar-refractivity contribution in [3.8, 4) is 0 Å². The van der Waals surface area contributed by atoms with Crippen LogP contribution in [-0.4, -0.2) is 32.9 Å². The Labute approximate surface area is 176 Å². The van der Waals surface area contributed by atoms with Crippen LogP contribution in [0.1, 0.15) is 35.5 Å². The molecular weight excluding hydrogens is 410 g/mol. The van der Waals surface area contributed by atoms with Crippen molar-refractivity contribution >= 4 is 45.2 Å². The molecule has 0 radical (unpaired) electrons. The summed E-state index contributed by atoms with van der Waals surface area (Å²) >= 11 is 7.82. The number of fused-ring (bicyclic) bond motifs is 3. The Hall–Kier alpha value is -2.51. The lowest BCUT2D eigenvalue weighted by Crippen LogP contribution is -2.43. The first-order valence-corrected chi connectivity index (χ1v) is 10.7. The van der Waals surface area contributed by atoms with Gasteiger partial charge < -0.3 is 4.74 Å². The molecule has 5 rings (SSSR count). The number of rotatable bonds is 2. The minimum Gasteiger partial charge on any atom is -0.439 e. The van der Waals surface area contributed by atoms with Gasteiger partial charge in [-0.3, -0.25) is 4.79 Å². The normalized spacial score (nSPS) is 23.9. The van der Waals surface area contributed by atoms with Gasteiger partial charge in [0.2, 0.25) is 5.91 Å². The Balaban J connectivity index is 1.40. The maximum Gasteiger partial charge on any atom is 0.417 e. The molecule has 148 valence electrons. The van der Waals surface area contributed by atoms with Gasteiger partial charge >= 0.3 is 6.09 Å². The average molecular weight is 428 g/mol. The van der Waals surface area contributed by atoms with Crippen LogP contribution in [0.25, 0.3) is 10.2 Å². The van der Waals surface area contributed by atoms with Crippen LogP contribution < -0.4 is 0 Å². The number of cyclic esters (lactones) is 1. The second kappa shape index (κ2) is 7.07. The highest BCUT2D eigenvalue weighted by Crippen LogP contribution is 2.41. The van der Waals surface area contributed by atoms with Crippen molar-refractivity contribution in [3.63, 3.8) is 0 Å². The molecule has 1 saturated heterocycles. The fourth-order valence-electron chi connectivity index (χ4n) is 4.32. The molecule has 0 spiro atoms. The molecule has 0 N–H and O–H groups in total. The van der Waals surface area contributed by atoms with Crippen LogP contribution >= 0.6 is 22.9 Å². The number of thiophene rings is 1. The van der Waals surface area contributed by atoms with E-state index in [4.69, 9.17) is 16.3 Å². The number of hydrogen-bond donors (Lipinski definition) is 0. The quantitative estimate of drug-likeness (QED) is 0.560. The molecule has 1 aliphatic carbocycles. The summed E-state index contributed by atoms with van der Waals surface area (Å²) in [5, 5.41) is 1.36. The highest BCUT2D eigenvalue weighted by molar-refractivity contribution is 7.19. The van der Waals surface area contributed by atoms with Crippen molar-refractivity contribution in [3.05, 3.63) is 57.8 Å². The first-order chi connectivity index (χ1) is 14.0. The van der Waals surface area contributed by atoms with Crippen molar-refractivity contribution in [1.29, 1.82) is 0 Å². The number of carbonyl (C=O) groups is 2. The first kappa shape index (κ1) is 18.5. The summed E-state index contributed by atoms with van der Waals surface area (Å²) < 4.78 is 5.55. The number of imide groups is 1. The lowest BCUT2D eigenvalue weighted by atomic mass is 9.86. The van der Waals surface area contributed by atoms with Gasteiger partial charge in [-0.2, -0.15) is 0 Å². The summed E-state index contributed by atoms with van der Waals surface area (Å²) in [5.41, 5.74) is 2.03. The molecule has 3 heterocycles. The third-order valence-electron chi connectivity index (χ3n) is 5.78. The smallest absolute Gasteiger partial charge is 0.417 e.